The van der Waals surface area contributed by atoms with E-state index < -0.39 is 0 Å². The number of rotatable bonds is 5. The second-order valence-electron chi connectivity index (χ2n) is 3.56. The van der Waals surface area contributed by atoms with Crippen molar-refractivity contribution in [3.63, 3.8) is 0 Å². The number of aromatic nitrogens is 1. The highest BCUT2D eigenvalue weighted by molar-refractivity contribution is 5.65. The van der Waals surface area contributed by atoms with Crippen molar-refractivity contribution in [1.82, 2.24) is 4.98 Å². The molecule has 1 heterocycles. The summed E-state index contributed by atoms with van der Waals surface area (Å²) in [7, 11) is 2.07. The van der Waals surface area contributed by atoms with Crippen LogP contribution in [0.25, 0.3) is 0 Å². The van der Waals surface area contributed by atoms with Gasteiger partial charge in [-0.05, 0) is 12.5 Å². The Bertz CT molecular complexity index is 273. The maximum Gasteiger partial charge on any atom is 0.0738 e. The Morgan fingerprint density at radius 2 is 2.21 bits per heavy atom. The van der Waals surface area contributed by atoms with Gasteiger partial charge < -0.3 is 10.6 Å². The summed E-state index contributed by atoms with van der Waals surface area (Å²) in [6, 6.07) is 1.96. The third-order valence-corrected chi connectivity index (χ3v) is 2.34. The van der Waals surface area contributed by atoms with E-state index in [0.717, 1.165) is 17.9 Å². The van der Waals surface area contributed by atoms with Crippen molar-refractivity contribution >= 4 is 11.4 Å². The van der Waals surface area contributed by atoms with Gasteiger partial charge in [-0.2, -0.15) is 0 Å². The van der Waals surface area contributed by atoms with Gasteiger partial charge in [0, 0.05) is 19.8 Å². The minimum absolute atomic E-state index is 0.756. The van der Waals surface area contributed by atoms with Crippen LogP contribution < -0.4 is 10.6 Å². The largest absolute Gasteiger partial charge is 0.396 e. The number of unbranched alkanes of at least 4 members (excludes halogenated alkanes) is 2. The average Bonchev–Trinajstić information content (AvgIpc) is 2.18. The number of nitrogens with two attached hydrogens (primary N) is 1. The molecule has 0 radical (unpaired) electrons. The Kier molecular flexibility index (Phi) is 4.23. The summed E-state index contributed by atoms with van der Waals surface area (Å²) >= 11 is 0. The first-order valence-electron chi connectivity index (χ1n) is 5.16. The highest BCUT2D eigenvalue weighted by Gasteiger charge is 2.03. The first kappa shape index (κ1) is 10.8. The zero-order valence-electron chi connectivity index (χ0n) is 9.03. The third kappa shape index (κ3) is 2.91. The molecule has 2 N–H and O–H groups in total. The van der Waals surface area contributed by atoms with Crippen LogP contribution in [0.2, 0.25) is 0 Å². The van der Waals surface area contributed by atoms with E-state index in [1.807, 2.05) is 6.07 Å². The van der Waals surface area contributed by atoms with Gasteiger partial charge in [-0.25, -0.2) is 0 Å². The number of nitrogens with zero attached hydrogens (tertiary/aromatic N) is 2. The van der Waals surface area contributed by atoms with E-state index in [9.17, 15) is 0 Å². The smallest absolute Gasteiger partial charge is 0.0738 e. The molecule has 0 aromatic carbocycles. The van der Waals surface area contributed by atoms with Crippen LogP contribution in [0.1, 0.15) is 26.2 Å². The molecule has 3 nitrogen and oxygen atoms in total. The summed E-state index contributed by atoms with van der Waals surface area (Å²) in [5.41, 5.74) is 7.66. The summed E-state index contributed by atoms with van der Waals surface area (Å²) in [4.78, 5) is 6.16. The molecular formula is C11H19N3. The van der Waals surface area contributed by atoms with Crippen LogP contribution >= 0.6 is 0 Å². The topological polar surface area (TPSA) is 42.2 Å². The molecule has 0 unspecified atom stereocenters. The molecule has 1 rings (SSSR count). The highest BCUT2D eigenvalue weighted by atomic mass is 15.1. The van der Waals surface area contributed by atoms with Crippen LogP contribution in [0, 0.1) is 0 Å². The van der Waals surface area contributed by atoms with E-state index in [2.05, 4.69) is 23.9 Å². The molecule has 0 aliphatic carbocycles. The summed E-state index contributed by atoms with van der Waals surface area (Å²) in [6.07, 6.45) is 7.22. The highest BCUT2D eigenvalue weighted by Crippen LogP contribution is 2.19. The predicted molar refractivity (Wildman–Crippen MR) is 61.4 cm³/mol. The molecule has 14 heavy (non-hydrogen) atoms. The van der Waals surface area contributed by atoms with Crippen molar-refractivity contribution in [3.8, 4) is 0 Å². The Labute approximate surface area is 85.9 Å². The molecule has 0 spiro atoms. The van der Waals surface area contributed by atoms with E-state index in [1.165, 1.54) is 19.3 Å². The van der Waals surface area contributed by atoms with Gasteiger partial charge in [-0.15, -0.1) is 0 Å². The van der Waals surface area contributed by atoms with Crippen molar-refractivity contribution in [2.75, 3.05) is 24.2 Å². The zero-order chi connectivity index (χ0) is 10.4. The normalized spacial score (nSPS) is 10.1. The quantitative estimate of drug-likeness (QED) is 0.729. The van der Waals surface area contributed by atoms with Gasteiger partial charge in [0.25, 0.3) is 0 Å². The van der Waals surface area contributed by atoms with Crippen molar-refractivity contribution < 1.29 is 0 Å². The molecule has 0 amide bonds. The molecule has 0 aliphatic heterocycles. The number of anilines is 2. The molecule has 0 bridgehead atoms. The molecule has 0 saturated carbocycles. The van der Waals surface area contributed by atoms with Gasteiger partial charge in [-0.1, -0.05) is 19.8 Å². The van der Waals surface area contributed by atoms with E-state index >= 15 is 0 Å². The standard InChI is InChI=1S/C11H19N3/c1-3-4-5-8-14(2)11-6-7-13-9-10(11)12/h6-7,9H,3-5,8,12H2,1-2H3. The fraction of sp³-hybridized carbons (Fsp3) is 0.545. The molecule has 1 aromatic heterocycles. The second kappa shape index (κ2) is 5.47. The zero-order valence-corrected chi connectivity index (χ0v) is 9.03. The van der Waals surface area contributed by atoms with Gasteiger partial charge in [0.2, 0.25) is 0 Å². The van der Waals surface area contributed by atoms with Gasteiger partial charge in [0.05, 0.1) is 17.6 Å². The van der Waals surface area contributed by atoms with Gasteiger partial charge in [-0.3, -0.25) is 4.98 Å². The third-order valence-electron chi connectivity index (χ3n) is 2.34. The Morgan fingerprint density at radius 1 is 1.43 bits per heavy atom. The fourth-order valence-corrected chi connectivity index (χ4v) is 1.47. The van der Waals surface area contributed by atoms with Crippen LogP contribution in [-0.4, -0.2) is 18.6 Å². The van der Waals surface area contributed by atoms with Crippen LogP contribution in [0.4, 0.5) is 11.4 Å². The van der Waals surface area contributed by atoms with E-state index in [-0.39, 0.29) is 0 Å². The van der Waals surface area contributed by atoms with E-state index in [1.54, 1.807) is 12.4 Å². The van der Waals surface area contributed by atoms with Crippen LogP contribution in [-0.2, 0) is 0 Å². The average molecular weight is 193 g/mol. The van der Waals surface area contributed by atoms with Crippen molar-refractivity contribution in [2.24, 2.45) is 0 Å². The minimum atomic E-state index is 0.756. The van der Waals surface area contributed by atoms with E-state index in [0.29, 0.717) is 0 Å². The SMILES string of the molecule is CCCCCN(C)c1ccncc1N. The number of pyridine rings is 1. The van der Waals surface area contributed by atoms with Crippen molar-refractivity contribution in [2.45, 2.75) is 26.2 Å². The molecule has 3 heteroatoms. The Morgan fingerprint density at radius 3 is 2.86 bits per heavy atom. The number of hydrogen-bond donors (Lipinski definition) is 1. The molecule has 0 fully saturated rings. The maximum absolute atomic E-state index is 5.82. The number of hydrogen-bond acceptors (Lipinski definition) is 3. The molecule has 0 aliphatic rings. The van der Waals surface area contributed by atoms with Crippen LogP contribution in [0.5, 0.6) is 0 Å². The van der Waals surface area contributed by atoms with Crippen LogP contribution in [0.15, 0.2) is 18.5 Å². The monoisotopic (exact) mass is 193 g/mol. The van der Waals surface area contributed by atoms with Crippen LogP contribution in [0.3, 0.4) is 0 Å². The summed E-state index contributed by atoms with van der Waals surface area (Å²) in [6.45, 7) is 3.27. The molecule has 0 atom stereocenters. The fourth-order valence-electron chi connectivity index (χ4n) is 1.47. The first-order valence-corrected chi connectivity index (χ1v) is 5.16. The van der Waals surface area contributed by atoms with E-state index in [4.69, 9.17) is 5.73 Å². The summed E-state index contributed by atoms with van der Waals surface area (Å²) < 4.78 is 0. The van der Waals surface area contributed by atoms with Gasteiger partial charge in [0.15, 0.2) is 0 Å². The van der Waals surface area contributed by atoms with Gasteiger partial charge >= 0.3 is 0 Å². The van der Waals surface area contributed by atoms with Gasteiger partial charge in [0.1, 0.15) is 0 Å². The maximum atomic E-state index is 5.82. The van der Waals surface area contributed by atoms with Crippen molar-refractivity contribution in [3.05, 3.63) is 18.5 Å². The second-order valence-corrected chi connectivity index (χ2v) is 3.56. The summed E-state index contributed by atoms with van der Waals surface area (Å²) in [5.74, 6) is 0. The first-order chi connectivity index (χ1) is 6.75. The molecule has 1 aromatic rings. The predicted octanol–water partition coefficient (Wildman–Crippen LogP) is 2.29. The minimum Gasteiger partial charge on any atom is -0.396 e. The number of nitrogen functional groups attached to an aromatic ring is 1. The summed E-state index contributed by atoms with van der Waals surface area (Å²) in [5, 5.41) is 0. The molecular weight excluding hydrogens is 174 g/mol. The lowest BCUT2D eigenvalue weighted by molar-refractivity contribution is 0.705. The molecule has 78 valence electrons. The Balaban J connectivity index is 2.51. The lowest BCUT2D eigenvalue weighted by atomic mass is 10.2. The lowest BCUT2D eigenvalue weighted by Gasteiger charge is -2.20. The lowest BCUT2D eigenvalue weighted by Crippen LogP contribution is -2.19. The Hall–Kier alpha value is -1.25. The van der Waals surface area contributed by atoms with Crippen molar-refractivity contribution in [1.29, 1.82) is 0 Å². The molecule has 0 saturated heterocycles.